The fourth-order valence-electron chi connectivity index (χ4n) is 3.84. The lowest BCUT2D eigenvalue weighted by molar-refractivity contribution is -0.137. The van der Waals surface area contributed by atoms with Crippen LogP contribution in [-0.4, -0.2) is 30.7 Å². The second kappa shape index (κ2) is 8.25. The first-order valence-corrected chi connectivity index (χ1v) is 10.2. The van der Waals surface area contributed by atoms with Crippen LogP contribution in [0, 0.1) is 5.82 Å². The second-order valence-electron chi connectivity index (χ2n) is 7.55. The van der Waals surface area contributed by atoms with E-state index in [9.17, 15) is 22.4 Å². The average Bonchev–Trinajstić information content (AvgIpc) is 3.28. The van der Waals surface area contributed by atoms with Gasteiger partial charge in [-0.2, -0.15) is 13.2 Å². The number of H-pyrrole nitrogens is 1. The molecular formula is C23H16F4N6O. The number of anilines is 1. The van der Waals surface area contributed by atoms with Gasteiger partial charge in [0, 0.05) is 6.20 Å². The van der Waals surface area contributed by atoms with Crippen molar-refractivity contribution in [1.29, 1.82) is 0 Å². The molecule has 0 saturated carbocycles. The normalized spacial score (nSPS) is 12.8. The lowest BCUT2D eigenvalue weighted by atomic mass is 10.1. The number of hydrogen-bond acceptors (Lipinski definition) is 5. The van der Waals surface area contributed by atoms with Gasteiger partial charge >= 0.3 is 6.18 Å². The van der Waals surface area contributed by atoms with Crippen LogP contribution in [0.15, 0.2) is 71.9 Å². The number of rotatable bonds is 5. The van der Waals surface area contributed by atoms with Crippen LogP contribution in [-0.2, 0) is 0 Å². The summed E-state index contributed by atoms with van der Waals surface area (Å²) in [6.45, 7) is 0. The summed E-state index contributed by atoms with van der Waals surface area (Å²) in [4.78, 5) is 28.9. The summed E-state index contributed by atoms with van der Waals surface area (Å²) >= 11 is 0. The number of aromatic amines is 1. The predicted molar refractivity (Wildman–Crippen MR) is 118 cm³/mol. The largest absolute Gasteiger partial charge is 0.391 e. The maximum absolute atomic E-state index is 14.6. The van der Waals surface area contributed by atoms with E-state index in [1.54, 1.807) is 24.3 Å². The van der Waals surface area contributed by atoms with E-state index in [1.165, 1.54) is 36.8 Å². The minimum Gasteiger partial charge on any atom is -0.358 e. The molecule has 1 atom stereocenters. The topological polar surface area (TPSA) is 88.5 Å². The van der Waals surface area contributed by atoms with Gasteiger partial charge < -0.3 is 10.3 Å². The molecule has 0 bridgehead atoms. The molecule has 11 heteroatoms. The lowest BCUT2D eigenvalue weighted by Crippen LogP contribution is -2.31. The van der Waals surface area contributed by atoms with Crippen LogP contribution in [0.2, 0.25) is 0 Å². The van der Waals surface area contributed by atoms with Crippen molar-refractivity contribution < 1.29 is 17.6 Å². The van der Waals surface area contributed by atoms with Crippen LogP contribution >= 0.6 is 0 Å². The van der Waals surface area contributed by atoms with Crippen molar-refractivity contribution >= 4 is 27.8 Å². The highest BCUT2D eigenvalue weighted by Crippen LogP contribution is 2.33. The number of aromatic nitrogens is 5. The molecule has 2 N–H and O–H groups in total. The van der Waals surface area contributed by atoms with Crippen molar-refractivity contribution in [2.75, 3.05) is 5.32 Å². The molecule has 0 fully saturated rings. The Hall–Kier alpha value is -4.28. The van der Waals surface area contributed by atoms with Gasteiger partial charge in [-0.3, -0.25) is 9.36 Å². The molecule has 5 aromatic rings. The minimum absolute atomic E-state index is 0.0490. The summed E-state index contributed by atoms with van der Waals surface area (Å²) in [5.41, 5.74) is 0.281. The molecular weight excluding hydrogens is 452 g/mol. The first-order valence-electron chi connectivity index (χ1n) is 10.2. The highest BCUT2D eigenvalue weighted by Gasteiger charge is 2.36. The van der Waals surface area contributed by atoms with Crippen molar-refractivity contribution in [3.63, 3.8) is 0 Å². The Bertz CT molecular complexity index is 1540. The van der Waals surface area contributed by atoms with Gasteiger partial charge in [0.25, 0.3) is 5.56 Å². The zero-order valence-electron chi connectivity index (χ0n) is 17.3. The highest BCUT2D eigenvalue weighted by atomic mass is 19.4. The molecule has 0 aliphatic heterocycles. The van der Waals surface area contributed by atoms with Crippen LogP contribution in [0.3, 0.4) is 0 Å². The van der Waals surface area contributed by atoms with E-state index in [4.69, 9.17) is 0 Å². The number of nitrogens with one attached hydrogen (secondary N) is 2. The molecule has 0 saturated heterocycles. The quantitative estimate of drug-likeness (QED) is 0.358. The number of fused-ring (bicyclic) bond motifs is 2. The molecule has 0 amide bonds. The molecule has 3 aromatic heterocycles. The van der Waals surface area contributed by atoms with Gasteiger partial charge in [-0.1, -0.05) is 24.3 Å². The van der Waals surface area contributed by atoms with Gasteiger partial charge in [-0.25, -0.2) is 19.3 Å². The van der Waals surface area contributed by atoms with Crippen molar-refractivity contribution in [3.8, 4) is 5.69 Å². The number of hydrogen-bond donors (Lipinski definition) is 2. The Labute approximate surface area is 189 Å². The minimum atomic E-state index is -4.62. The molecule has 0 aliphatic rings. The van der Waals surface area contributed by atoms with Gasteiger partial charge in [-0.15, -0.1) is 0 Å². The van der Waals surface area contributed by atoms with Gasteiger partial charge in [0.2, 0.25) is 0 Å². The number of nitrogens with zero attached hydrogens (tertiary/aromatic N) is 4. The number of alkyl halides is 3. The third-order valence-electron chi connectivity index (χ3n) is 5.28. The van der Waals surface area contributed by atoms with Crippen molar-refractivity contribution in [2.24, 2.45) is 0 Å². The van der Waals surface area contributed by atoms with Crippen LogP contribution in [0.5, 0.6) is 0 Å². The summed E-state index contributed by atoms with van der Waals surface area (Å²) in [5, 5.41) is 2.46. The number of para-hydroxylation sites is 1. The van der Waals surface area contributed by atoms with Crippen LogP contribution < -0.4 is 10.9 Å². The maximum Gasteiger partial charge on any atom is 0.391 e. The number of imidazole rings is 1. The first-order chi connectivity index (χ1) is 16.3. The Morgan fingerprint density at radius 1 is 1.03 bits per heavy atom. The summed E-state index contributed by atoms with van der Waals surface area (Å²) in [5.74, 6) is -0.961. The van der Waals surface area contributed by atoms with Gasteiger partial charge in [0.1, 0.15) is 22.5 Å². The van der Waals surface area contributed by atoms with E-state index < -0.39 is 30.0 Å². The molecule has 0 unspecified atom stereocenters. The fourth-order valence-corrected chi connectivity index (χ4v) is 3.84. The van der Waals surface area contributed by atoms with Crippen molar-refractivity contribution in [2.45, 2.75) is 18.6 Å². The monoisotopic (exact) mass is 468 g/mol. The van der Waals surface area contributed by atoms with E-state index in [2.05, 4.69) is 25.3 Å². The Morgan fingerprint density at radius 2 is 1.82 bits per heavy atom. The molecule has 0 spiro atoms. The molecule has 7 nitrogen and oxygen atoms in total. The van der Waals surface area contributed by atoms with Crippen LogP contribution in [0.4, 0.5) is 23.4 Å². The van der Waals surface area contributed by atoms with Crippen LogP contribution in [0.25, 0.3) is 27.6 Å². The predicted octanol–water partition coefficient (Wildman–Crippen LogP) is 4.90. The maximum atomic E-state index is 14.6. The van der Waals surface area contributed by atoms with E-state index >= 15 is 0 Å². The first kappa shape index (κ1) is 21.6. The summed E-state index contributed by atoms with van der Waals surface area (Å²) in [6.07, 6.45) is -3.17. The molecule has 172 valence electrons. The Balaban J connectivity index is 1.77. The molecule has 5 rings (SSSR count). The van der Waals surface area contributed by atoms with Gasteiger partial charge in [0.15, 0.2) is 5.82 Å². The Morgan fingerprint density at radius 3 is 2.59 bits per heavy atom. The molecule has 2 aromatic carbocycles. The highest BCUT2D eigenvalue weighted by molar-refractivity contribution is 5.85. The summed E-state index contributed by atoms with van der Waals surface area (Å²) < 4.78 is 56.7. The van der Waals surface area contributed by atoms with Gasteiger partial charge in [-0.05, 0) is 30.3 Å². The standard InChI is InChI=1S/C23H16F4N6O/c24-14-7-4-8-15-18(14)22(34)33(13-5-2-1-3-6-13)21(32-15)17(11-23(25,26)27)31-20-19-16(9-10-28-20)29-12-30-19/h1-10,12,17H,11H2,(H,28,31)(H,29,30)/t17-/m0/s1. The zero-order chi connectivity index (χ0) is 23.9. The van der Waals surface area contributed by atoms with E-state index in [0.717, 1.165) is 10.6 Å². The third kappa shape index (κ3) is 3.96. The molecule has 34 heavy (non-hydrogen) atoms. The van der Waals surface area contributed by atoms with Crippen LogP contribution in [0.1, 0.15) is 18.3 Å². The second-order valence-corrected chi connectivity index (χ2v) is 7.55. The lowest BCUT2D eigenvalue weighted by Gasteiger charge is -2.24. The average molecular weight is 468 g/mol. The fraction of sp³-hybridized carbons (Fsp3) is 0.130. The number of halogens is 4. The molecule has 3 heterocycles. The number of pyridine rings is 1. The van der Waals surface area contributed by atoms with Gasteiger partial charge in [0.05, 0.1) is 35.5 Å². The van der Waals surface area contributed by atoms with E-state index in [0.29, 0.717) is 11.0 Å². The van der Waals surface area contributed by atoms with E-state index in [-0.39, 0.29) is 28.2 Å². The SMILES string of the molecule is O=c1c2c(F)cccc2nc([C@H](CC(F)(F)F)Nc2nccc3[nH]cnc23)n1-c1ccccc1. The van der Waals surface area contributed by atoms with Crippen molar-refractivity contribution in [1.82, 2.24) is 24.5 Å². The van der Waals surface area contributed by atoms with E-state index in [1.807, 2.05) is 0 Å². The number of benzene rings is 2. The summed E-state index contributed by atoms with van der Waals surface area (Å²) in [7, 11) is 0. The zero-order valence-corrected chi connectivity index (χ0v) is 17.3. The van der Waals surface area contributed by atoms with Crippen molar-refractivity contribution in [3.05, 3.63) is 89.1 Å². The molecule has 0 aliphatic carbocycles. The third-order valence-corrected chi connectivity index (χ3v) is 5.28. The smallest absolute Gasteiger partial charge is 0.358 e. The molecule has 0 radical (unpaired) electrons. The Kier molecular flexibility index (Phi) is 5.23. The summed E-state index contributed by atoms with van der Waals surface area (Å²) in [6, 6.07) is 11.9.